The Morgan fingerprint density at radius 1 is 1.18 bits per heavy atom. The predicted molar refractivity (Wildman–Crippen MR) is 68.4 cm³/mol. The lowest BCUT2D eigenvalue weighted by Crippen LogP contribution is -2.04. The van der Waals surface area contributed by atoms with Gasteiger partial charge >= 0.3 is 0 Å². The molecule has 0 aliphatic heterocycles. The fourth-order valence-corrected chi connectivity index (χ4v) is 1.89. The van der Waals surface area contributed by atoms with Gasteiger partial charge in [0.15, 0.2) is 0 Å². The van der Waals surface area contributed by atoms with Crippen LogP contribution in [0.2, 0.25) is 0 Å². The van der Waals surface area contributed by atoms with Crippen molar-refractivity contribution in [3.8, 4) is 5.75 Å². The second-order valence-electron chi connectivity index (χ2n) is 4.36. The summed E-state index contributed by atoms with van der Waals surface area (Å²) in [5.41, 5.74) is 4.51. The molecular formula is C14H18N2O. The molecule has 1 heterocycles. The monoisotopic (exact) mass is 230 g/mol. The molecule has 3 heteroatoms. The normalized spacial score (nSPS) is 10.5. The van der Waals surface area contributed by atoms with E-state index in [0.717, 1.165) is 23.6 Å². The summed E-state index contributed by atoms with van der Waals surface area (Å²) in [6, 6.07) is 8.24. The molecule has 0 amide bonds. The largest absolute Gasteiger partial charge is 0.493 e. The van der Waals surface area contributed by atoms with Crippen molar-refractivity contribution in [3.63, 3.8) is 0 Å². The van der Waals surface area contributed by atoms with Gasteiger partial charge in [-0.25, -0.2) is 0 Å². The average molecular weight is 230 g/mol. The Morgan fingerprint density at radius 3 is 2.47 bits per heavy atom. The standard InChI is InChI=1S/C14H18N2O/c1-10-5-4-6-11(2)14(10)17-8-7-13-9-12(3)15-16-13/h4-6,9H,7-8H2,1-3H3,(H,15,16). The van der Waals surface area contributed by atoms with Gasteiger partial charge in [-0.1, -0.05) is 18.2 Å². The van der Waals surface area contributed by atoms with Crippen LogP contribution < -0.4 is 4.74 Å². The molecule has 0 saturated carbocycles. The molecule has 17 heavy (non-hydrogen) atoms. The molecular weight excluding hydrogens is 212 g/mol. The van der Waals surface area contributed by atoms with Crippen LogP contribution in [0.5, 0.6) is 5.75 Å². The van der Waals surface area contributed by atoms with Gasteiger partial charge in [-0.15, -0.1) is 0 Å². The molecule has 1 aromatic heterocycles. The number of nitrogens with zero attached hydrogens (tertiary/aromatic N) is 1. The van der Waals surface area contributed by atoms with Crippen molar-refractivity contribution in [2.45, 2.75) is 27.2 Å². The smallest absolute Gasteiger partial charge is 0.125 e. The Labute approximate surface area is 102 Å². The molecule has 0 saturated heterocycles. The molecule has 90 valence electrons. The van der Waals surface area contributed by atoms with E-state index in [1.165, 1.54) is 11.1 Å². The zero-order chi connectivity index (χ0) is 12.3. The van der Waals surface area contributed by atoms with E-state index in [9.17, 15) is 0 Å². The van der Waals surface area contributed by atoms with Gasteiger partial charge < -0.3 is 4.74 Å². The minimum absolute atomic E-state index is 0.663. The first-order valence-electron chi connectivity index (χ1n) is 5.86. The van der Waals surface area contributed by atoms with Gasteiger partial charge in [0.2, 0.25) is 0 Å². The predicted octanol–water partition coefficient (Wildman–Crippen LogP) is 2.96. The number of nitrogens with one attached hydrogen (secondary N) is 1. The fourth-order valence-electron chi connectivity index (χ4n) is 1.89. The van der Waals surface area contributed by atoms with E-state index < -0.39 is 0 Å². The van der Waals surface area contributed by atoms with Crippen LogP contribution in [0, 0.1) is 20.8 Å². The Bertz CT molecular complexity index is 482. The summed E-state index contributed by atoms with van der Waals surface area (Å²) in [6.45, 7) is 6.81. The van der Waals surface area contributed by atoms with E-state index in [-0.39, 0.29) is 0 Å². The maximum Gasteiger partial charge on any atom is 0.125 e. The van der Waals surface area contributed by atoms with Crippen molar-refractivity contribution in [3.05, 3.63) is 46.8 Å². The van der Waals surface area contributed by atoms with Crippen LogP contribution in [-0.4, -0.2) is 16.8 Å². The molecule has 0 radical (unpaired) electrons. The van der Waals surface area contributed by atoms with Crippen molar-refractivity contribution in [1.29, 1.82) is 0 Å². The first-order valence-corrected chi connectivity index (χ1v) is 5.86. The second-order valence-corrected chi connectivity index (χ2v) is 4.36. The Balaban J connectivity index is 1.94. The lowest BCUT2D eigenvalue weighted by Gasteiger charge is -2.10. The number of rotatable bonds is 4. The van der Waals surface area contributed by atoms with E-state index >= 15 is 0 Å². The maximum atomic E-state index is 5.83. The molecule has 1 N–H and O–H groups in total. The summed E-state index contributed by atoms with van der Waals surface area (Å²) in [5.74, 6) is 1.000. The first kappa shape index (κ1) is 11.7. The Kier molecular flexibility index (Phi) is 3.47. The highest BCUT2D eigenvalue weighted by atomic mass is 16.5. The van der Waals surface area contributed by atoms with Crippen molar-refractivity contribution in [2.75, 3.05) is 6.61 Å². The van der Waals surface area contributed by atoms with Crippen molar-refractivity contribution in [1.82, 2.24) is 10.2 Å². The summed E-state index contributed by atoms with van der Waals surface area (Å²) in [4.78, 5) is 0. The molecule has 0 spiro atoms. The van der Waals surface area contributed by atoms with Gasteiger partial charge in [-0.05, 0) is 38.0 Å². The number of aryl methyl sites for hydroxylation is 3. The topological polar surface area (TPSA) is 37.9 Å². The van der Waals surface area contributed by atoms with Gasteiger partial charge in [0.05, 0.1) is 12.3 Å². The number of para-hydroxylation sites is 1. The zero-order valence-corrected chi connectivity index (χ0v) is 10.6. The fraction of sp³-hybridized carbons (Fsp3) is 0.357. The van der Waals surface area contributed by atoms with Crippen molar-refractivity contribution >= 4 is 0 Å². The second kappa shape index (κ2) is 5.04. The third-order valence-corrected chi connectivity index (χ3v) is 2.77. The summed E-state index contributed by atoms with van der Waals surface area (Å²) in [7, 11) is 0. The number of aromatic amines is 1. The van der Waals surface area contributed by atoms with Crippen LogP contribution in [0.1, 0.15) is 22.5 Å². The number of hydrogen-bond acceptors (Lipinski definition) is 2. The molecule has 0 aliphatic rings. The van der Waals surface area contributed by atoms with Crippen LogP contribution in [0.15, 0.2) is 24.3 Å². The minimum atomic E-state index is 0.663. The van der Waals surface area contributed by atoms with E-state index in [1.54, 1.807) is 0 Å². The third kappa shape index (κ3) is 2.87. The Morgan fingerprint density at radius 2 is 1.88 bits per heavy atom. The lowest BCUT2D eigenvalue weighted by molar-refractivity contribution is 0.316. The highest BCUT2D eigenvalue weighted by molar-refractivity contribution is 5.39. The summed E-state index contributed by atoms with van der Waals surface area (Å²) in [6.07, 6.45) is 0.831. The quantitative estimate of drug-likeness (QED) is 0.876. The number of hydrogen-bond donors (Lipinski definition) is 1. The van der Waals surface area contributed by atoms with Crippen LogP contribution in [0.4, 0.5) is 0 Å². The van der Waals surface area contributed by atoms with Gasteiger partial charge in [0.25, 0.3) is 0 Å². The molecule has 3 nitrogen and oxygen atoms in total. The minimum Gasteiger partial charge on any atom is -0.493 e. The summed E-state index contributed by atoms with van der Waals surface area (Å²) >= 11 is 0. The Hall–Kier alpha value is -1.77. The third-order valence-electron chi connectivity index (χ3n) is 2.77. The maximum absolute atomic E-state index is 5.83. The molecule has 0 aliphatic carbocycles. The highest BCUT2D eigenvalue weighted by Crippen LogP contribution is 2.22. The van der Waals surface area contributed by atoms with Gasteiger partial charge in [0, 0.05) is 12.1 Å². The van der Waals surface area contributed by atoms with E-state index in [1.807, 2.05) is 13.0 Å². The highest BCUT2D eigenvalue weighted by Gasteiger charge is 2.04. The summed E-state index contributed by atoms with van der Waals surface area (Å²) in [5, 5.41) is 7.12. The molecule has 0 unspecified atom stereocenters. The molecule has 2 rings (SSSR count). The number of H-pyrrole nitrogens is 1. The van der Waals surface area contributed by atoms with Gasteiger partial charge in [0.1, 0.15) is 5.75 Å². The summed E-state index contributed by atoms with van der Waals surface area (Å²) < 4.78 is 5.83. The van der Waals surface area contributed by atoms with E-state index in [2.05, 4.69) is 42.2 Å². The van der Waals surface area contributed by atoms with Crippen LogP contribution in [0.25, 0.3) is 0 Å². The zero-order valence-electron chi connectivity index (χ0n) is 10.6. The van der Waals surface area contributed by atoms with E-state index in [4.69, 9.17) is 4.74 Å². The van der Waals surface area contributed by atoms with Gasteiger partial charge in [-0.3, -0.25) is 5.10 Å². The van der Waals surface area contributed by atoms with Crippen LogP contribution in [-0.2, 0) is 6.42 Å². The average Bonchev–Trinajstić information content (AvgIpc) is 2.69. The number of ether oxygens (including phenoxy) is 1. The molecule has 2 aromatic rings. The van der Waals surface area contributed by atoms with E-state index in [0.29, 0.717) is 6.61 Å². The van der Waals surface area contributed by atoms with Crippen molar-refractivity contribution < 1.29 is 4.74 Å². The molecule has 0 bridgehead atoms. The van der Waals surface area contributed by atoms with Crippen molar-refractivity contribution in [2.24, 2.45) is 0 Å². The first-order chi connectivity index (χ1) is 8.16. The lowest BCUT2D eigenvalue weighted by atomic mass is 10.1. The molecule has 0 atom stereocenters. The van der Waals surface area contributed by atoms with Crippen LogP contribution >= 0.6 is 0 Å². The number of benzene rings is 1. The SMILES string of the molecule is Cc1cc(CCOc2c(C)cccc2C)n[nH]1. The molecule has 1 aromatic carbocycles. The van der Waals surface area contributed by atoms with Crippen LogP contribution in [0.3, 0.4) is 0 Å². The van der Waals surface area contributed by atoms with Gasteiger partial charge in [-0.2, -0.15) is 5.10 Å². The number of aromatic nitrogens is 2. The molecule has 0 fully saturated rings.